The lowest BCUT2D eigenvalue weighted by molar-refractivity contribution is 0.323. The van der Waals surface area contributed by atoms with Crippen LogP contribution >= 0.6 is 0 Å². The van der Waals surface area contributed by atoms with Crippen molar-refractivity contribution in [1.82, 2.24) is 19.4 Å². The Morgan fingerprint density at radius 3 is 2.33 bits per heavy atom. The zero-order chi connectivity index (χ0) is 16.3. The number of nitrogens with one attached hydrogen (secondary N) is 1. The summed E-state index contributed by atoms with van der Waals surface area (Å²) in [4.78, 5) is 2.10. The molecule has 1 aromatic heterocycles. The Bertz CT molecular complexity index is 544. The number of H-pyrrole nitrogens is 1. The van der Waals surface area contributed by atoms with Crippen molar-refractivity contribution in [3.8, 4) is 0 Å². The molecule has 0 spiro atoms. The van der Waals surface area contributed by atoms with Gasteiger partial charge in [0, 0.05) is 31.7 Å². The van der Waals surface area contributed by atoms with Crippen LogP contribution < -0.4 is 0 Å². The van der Waals surface area contributed by atoms with Gasteiger partial charge in [-0.1, -0.05) is 20.8 Å². The van der Waals surface area contributed by atoms with Gasteiger partial charge in [0.05, 0.1) is 11.4 Å². The first kappa shape index (κ1) is 18.1. The molecule has 0 amide bonds. The van der Waals surface area contributed by atoms with Gasteiger partial charge >= 0.3 is 0 Å². The number of sulfonamides is 1. The van der Waals surface area contributed by atoms with Crippen molar-refractivity contribution >= 4 is 10.0 Å². The highest BCUT2D eigenvalue weighted by Crippen LogP contribution is 2.20. The van der Waals surface area contributed by atoms with Crippen LogP contribution in [-0.2, 0) is 22.0 Å². The fourth-order valence-corrected chi connectivity index (χ4v) is 2.76. The third kappa shape index (κ3) is 5.76. The van der Waals surface area contributed by atoms with Gasteiger partial charge in [0.25, 0.3) is 0 Å². The van der Waals surface area contributed by atoms with Crippen LogP contribution in [0.5, 0.6) is 0 Å². The molecular weight excluding hydrogens is 288 g/mol. The predicted octanol–water partition coefficient (Wildman–Crippen LogP) is 1.42. The van der Waals surface area contributed by atoms with E-state index in [0.717, 1.165) is 24.5 Å². The molecule has 0 aromatic carbocycles. The minimum atomic E-state index is -3.10. The second kappa shape index (κ2) is 6.89. The maximum Gasteiger partial charge on any atom is 0.213 e. The number of hydrogen-bond acceptors (Lipinski definition) is 4. The average molecular weight is 316 g/mol. The fourth-order valence-electron chi connectivity index (χ4n) is 1.90. The van der Waals surface area contributed by atoms with Crippen LogP contribution in [0.2, 0.25) is 0 Å². The molecule has 1 N–H and O–H groups in total. The Morgan fingerprint density at radius 2 is 1.86 bits per heavy atom. The van der Waals surface area contributed by atoms with Crippen LogP contribution in [0.1, 0.15) is 38.6 Å². The molecule has 6 nitrogen and oxygen atoms in total. The Morgan fingerprint density at radius 1 is 1.24 bits per heavy atom. The average Bonchev–Trinajstić information content (AvgIpc) is 2.76. The molecule has 0 bridgehead atoms. The number of hydrogen-bond donors (Lipinski definition) is 1. The first-order valence-corrected chi connectivity index (χ1v) is 8.77. The monoisotopic (exact) mass is 316 g/mol. The summed E-state index contributed by atoms with van der Waals surface area (Å²) in [7, 11) is 2.02. The molecule has 0 aliphatic carbocycles. The van der Waals surface area contributed by atoms with Gasteiger partial charge in [0.1, 0.15) is 0 Å². The normalized spacial score (nSPS) is 13.3. The van der Waals surface area contributed by atoms with Crippen LogP contribution in [0.25, 0.3) is 0 Å². The van der Waals surface area contributed by atoms with E-state index in [-0.39, 0.29) is 11.2 Å². The van der Waals surface area contributed by atoms with Crippen LogP contribution in [-0.4, -0.2) is 61.3 Å². The van der Waals surface area contributed by atoms with Crippen molar-refractivity contribution in [1.29, 1.82) is 0 Å². The van der Waals surface area contributed by atoms with Gasteiger partial charge in [-0.25, -0.2) is 12.7 Å². The molecule has 7 heteroatoms. The minimum Gasteiger partial charge on any atom is -0.301 e. The molecule has 122 valence electrons. The molecule has 0 saturated heterocycles. The highest BCUT2D eigenvalue weighted by Gasteiger charge is 2.18. The van der Waals surface area contributed by atoms with Gasteiger partial charge in [0.2, 0.25) is 10.0 Å². The van der Waals surface area contributed by atoms with Gasteiger partial charge < -0.3 is 4.90 Å². The molecule has 0 fully saturated rings. The van der Waals surface area contributed by atoms with Crippen molar-refractivity contribution < 1.29 is 8.42 Å². The second-order valence-corrected chi connectivity index (χ2v) is 9.02. The standard InChI is InChI=1S/C14H28N4O2S/c1-14(2,3)13-10-12(15-16-13)11-18(6)8-7-9-21(19,20)17(4)5/h10H,7-9,11H2,1-6H3,(H,15,16). The summed E-state index contributed by atoms with van der Waals surface area (Å²) in [6, 6.07) is 2.08. The predicted molar refractivity (Wildman–Crippen MR) is 85.7 cm³/mol. The van der Waals surface area contributed by atoms with Gasteiger partial charge in [0.15, 0.2) is 0 Å². The molecule has 0 aliphatic heterocycles. The molecule has 21 heavy (non-hydrogen) atoms. The Hall–Kier alpha value is -0.920. The first-order chi connectivity index (χ1) is 9.52. The van der Waals surface area contributed by atoms with E-state index in [0.29, 0.717) is 6.42 Å². The molecule has 0 aliphatic rings. The van der Waals surface area contributed by atoms with Gasteiger partial charge in [-0.15, -0.1) is 0 Å². The summed E-state index contributed by atoms with van der Waals surface area (Å²) in [6.45, 7) is 7.86. The zero-order valence-electron chi connectivity index (χ0n) is 14.0. The van der Waals surface area contributed by atoms with Gasteiger partial charge in [-0.2, -0.15) is 5.10 Å². The third-order valence-corrected chi connectivity index (χ3v) is 5.26. The van der Waals surface area contributed by atoms with Crippen molar-refractivity contribution in [3.05, 3.63) is 17.5 Å². The number of nitrogens with zero attached hydrogens (tertiary/aromatic N) is 3. The number of aromatic amines is 1. The number of aromatic nitrogens is 2. The number of rotatable bonds is 7. The van der Waals surface area contributed by atoms with Crippen molar-refractivity contribution in [2.24, 2.45) is 0 Å². The van der Waals surface area contributed by atoms with Crippen LogP contribution in [0, 0.1) is 0 Å². The largest absolute Gasteiger partial charge is 0.301 e. The van der Waals surface area contributed by atoms with Crippen molar-refractivity contribution in [2.45, 2.75) is 39.2 Å². The summed E-state index contributed by atoms with van der Waals surface area (Å²) in [5, 5.41) is 7.38. The van der Waals surface area contributed by atoms with E-state index >= 15 is 0 Å². The Labute approximate surface area is 128 Å². The molecular formula is C14H28N4O2S. The van der Waals surface area contributed by atoms with E-state index in [1.807, 2.05) is 7.05 Å². The van der Waals surface area contributed by atoms with Crippen molar-refractivity contribution in [2.75, 3.05) is 33.4 Å². The molecule has 0 unspecified atom stereocenters. The van der Waals surface area contributed by atoms with E-state index < -0.39 is 10.0 Å². The van der Waals surface area contributed by atoms with Crippen LogP contribution in [0.15, 0.2) is 6.07 Å². The Balaban J connectivity index is 2.44. The van der Waals surface area contributed by atoms with E-state index in [4.69, 9.17) is 0 Å². The summed E-state index contributed by atoms with van der Waals surface area (Å²) in [5.41, 5.74) is 2.13. The van der Waals surface area contributed by atoms with Crippen LogP contribution in [0.4, 0.5) is 0 Å². The highest BCUT2D eigenvalue weighted by molar-refractivity contribution is 7.89. The lowest BCUT2D eigenvalue weighted by Crippen LogP contribution is -2.28. The molecule has 1 aromatic rings. The zero-order valence-corrected chi connectivity index (χ0v) is 14.8. The lowest BCUT2D eigenvalue weighted by Gasteiger charge is -2.17. The van der Waals surface area contributed by atoms with Crippen LogP contribution in [0.3, 0.4) is 0 Å². The highest BCUT2D eigenvalue weighted by atomic mass is 32.2. The van der Waals surface area contributed by atoms with E-state index in [9.17, 15) is 8.42 Å². The quantitative estimate of drug-likeness (QED) is 0.826. The van der Waals surface area contributed by atoms with Crippen molar-refractivity contribution in [3.63, 3.8) is 0 Å². The molecule has 1 heterocycles. The fraction of sp³-hybridized carbons (Fsp3) is 0.786. The molecule has 1 rings (SSSR count). The maximum atomic E-state index is 11.7. The maximum absolute atomic E-state index is 11.7. The second-order valence-electron chi connectivity index (χ2n) is 6.72. The van der Waals surface area contributed by atoms with E-state index in [1.54, 1.807) is 14.1 Å². The summed E-state index contributed by atoms with van der Waals surface area (Å²) in [5.74, 6) is 0.181. The summed E-state index contributed by atoms with van der Waals surface area (Å²) in [6.07, 6.45) is 0.622. The first-order valence-electron chi connectivity index (χ1n) is 7.16. The lowest BCUT2D eigenvalue weighted by atomic mass is 9.92. The molecule has 0 saturated carbocycles. The molecule has 0 radical (unpaired) electrons. The SMILES string of the molecule is CN(CCCS(=O)(=O)N(C)C)Cc1cc(C(C)(C)C)n[nH]1. The summed E-state index contributed by atoms with van der Waals surface area (Å²) < 4.78 is 24.6. The van der Waals surface area contributed by atoms with E-state index in [2.05, 4.69) is 41.9 Å². The van der Waals surface area contributed by atoms with Gasteiger partial charge in [-0.05, 0) is 26.1 Å². The third-order valence-electron chi connectivity index (χ3n) is 3.34. The topological polar surface area (TPSA) is 69.3 Å². The molecule has 0 atom stereocenters. The summed E-state index contributed by atoms with van der Waals surface area (Å²) >= 11 is 0. The Kier molecular flexibility index (Phi) is 5.95. The smallest absolute Gasteiger partial charge is 0.213 e. The minimum absolute atomic E-state index is 0.0348. The van der Waals surface area contributed by atoms with E-state index in [1.165, 1.54) is 4.31 Å². The van der Waals surface area contributed by atoms with Gasteiger partial charge in [-0.3, -0.25) is 5.10 Å².